The average molecular weight is 522 g/mol. The van der Waals surface area contributed by atoms with E-state index >= 15 is 0 Å². The molecule has 8 nitrogen and oxygen atoms in total. The second-order valence-electron chi connectivity index (χ2n) is 9.76. The van der Waals surface area contributed by atoms with Crippen LogP contribution >= 0.6 is 0 Å². The van der Waals surface area contributed by atoms with Crippen LogP contribution in [0.5, 0.6) is 0 Å². The second-order valence-corrected chi connectivity index (χ2v) is 9.76. The summed E-state index contributed by atoms with van der Waals surface area (Å²) in [6.45, 7) is 2.82. The van der Waals surface area contributed by atoms with Crippen LogP contribution in [0.4, 0.5) is 4.79 Å². The van der Waals surface area contributed by atoms with Gasteiger partial charge in [0.2, 0.25) is 5.91 Å². The van der Waals surface area contributed by atoms with E-state index < -0.39 is 12.2 Å². The molecule has 0 aromatic heterocycles. The molecule has 1 N–H and O–H groups in total. The van der Waals surface area contributed by atoms with Gasteiger partial charge in [-0.05, 0) is 29.2 Å². The molecule has 0 spiro atoms. The maximum atomic E-state index is 14.0. The highest BCUT2D eigenvalue weighted by molar-refractivity contribution is 5.92. The van der Waals surface area contributed by atoms with Gasteiger partial charge < -0.3 is 15.1 Å². The first-order chi connectivity index (χ1) is 19.0. The van der Waals surface area contributed by atoms with Crippen LogP contribution in [0.15, 0.2) is 84.9 Å². The summed E-state index contributed by atoms with van der Waals surface area (Å²) >= 11 is 0. The molecule has 3 aromatic carbocycles. The molecule has 0 radical (unpaired) electrons. The number of piperazine rings is 1. The van der Waals surface area contributed by atoms with Crippen molar-refractivity contribution in [3.05, 3.63) is 107 Å². The summed E-state index contributed by atoms with van der Waals surface area (Å²) in [4.78, 5) is 44.6. The number of benzene rings is 3. The number of terminal acetylenes is 1. The molecule has 2 aliphatic heterocycles. The Morgan fingerprint density at radius 1 is 0.974 bits per heavy atom. The Hall–Kier alpha value is -4.61. The van der Waals surface area contributed by atoms with Crippen molar-refractivity contribution >= 4 is 17.8 Å². The highest BCUT2D eigenvalue weighted by atomic mass is 16.2. The summed E-state index contributed by atoms with van der Waals surface area (Å²) < 4.78 is 0. The largest absolute Gasteiger partial charge is 0.334 e. The zero-order valence-electron chi connectivity index (χ0n) is 21.9. The number of aryl methyl sites for hydroxylation is 1. The van der Waals surface area contributed by atoms with Crippen molar-refractivity contribution in [1.29, 1.82) is 0 Å². The lowest BCUT2D eigenvalue weighted by Gasteiger charge is -2.55. The van der Waals surface area contributed by atoms with Crippen LogP contribution in [0.3, 0.4) is 0 Å². The van der Waals surface area contributed by atoms with Crippen LogP contribution in [-0.4, -0.2) is 63.5 Å². The molecule has 2 saturated heterocycles. The van der Waals surface area contributed by atoms with Gasteiger partial charge in [-0.25, -0.2) is 9.80 Å². The molecule has 0 aliphatic carbocycles. The summed E-state index contributed by atoms with van der Waals surface area (Å²) in [6, 6.07) is 25.5. The number of hydrogen-bond acceptors (Lipinski definition) is 4. The van der Waals surface area contributed by atoms with E-state index in [1.54, 1.807) is 14.8 Å². The minimum absolute atomic E-state index is 0.0799. The van der Waals surface area contributed by atoms with Gasteiger partial charge in [-0.3, -0.25) is 9.59 Å². The summed E-state index contributed by atoms with van der Waals surface area (Å²) in [6.07, 6.45) is 4.91. The second kappa shape index (κ2) is 11.4. The van der Waals surface area contributed by atoms with Gasteiger partial charge in [0, 0.05) is 13.1 Å². The Bertz CT molecular complexity index is 1390. The summed E-state index contributed by atoms with van der Waals surface area (Å²) in [5, 5.41) is 6.10. The van der Waals surface area contributed by atoms with Crippen LogP contribution < -0.4 is 5.32 Å². The number of amides is 4. The standard InChI is InChI=1S/C31H31N5O3/c1-3-18-34-22-28(37)35-27(36(34)31(39)32-19-24-13-6-4-7-14-24)21-33(20-26-17-11-10-12-23(26)2)30(38)29(35)25-15-8-5-9-16-25/h1,4-17,27,29H,18-22H2,2H3,(H,32,39)/t27-,29-/m0/s1. The first-order valence-electron chi connectivity index (χ1n) is 13.0. The number of urea groups is 1. The molecule has 8 heteroatoms. The van der Waals surface area contributed by atoms with Gasteiger partial charge in [0.1, 0.15) is 12.2 Å². The molecule has 0 unspecified atom stereocenters. The molecule has 5 rings (SSSR count). The van der Waals surface area contributed by atoms with Crippen molar-refractivity contribution in [2.24, 2.45) is 0 Å². The van der Waals surface area contributed by atoms with Gasteiger partial charge in [0.05, 0.1) is 19.6 Å². The third kappa shape index (κ3) is 5.35. The molecule has 2 heterocycles. The van der Waals surface area contributed by atoms with Crippen LogP contribution in [0.25, 0.3) is 0 Å². The van der Waals surface area contributed by atoms with Gasteiger partial charge in [-0.1, -0.05) is 90.8 Å². The Labute approximate surface area is 228 Å². The van der Waals surface area contributed by atoms with Gasteiger partial charge in [-0.2, -0.15) is 5.01 Å². The van der Waals surface area contributed by atoms with Crippen molar-refractivity contribution < 1.29 is 14.4 Å². The highest BCUT2D eigenvalue weighted by Gasteiger charge is 2.51. The molecule has 2 atom stereocenters. The average Bonchev–Trinajstić information content (AvgIpc) is 2.95. The van der Waals surface area contributed by atoms with E-state index in [0.29, 0.717) is 18.7 Å². The van der Waals surface area contributed by atoms with Gasteiger partial charge >= 0.3 is 6.03 Å². The number of nitrogens with zero attached hydrogens (tertiary/aromatic N) is 4. The highest BCUT2D eigenvalue weighted by Crippen LogP contribution is 2.35. The minimum atomic E-state index is -0.862. The number of hydrogen-bond donors (Lipinski definition) is 1. The molecule has 2 aliphatic rings. The fourth-order valence-electron chi connectivity index (χ4n) is 5.28. The lowest BCUT2D eigenvalue weighted by Crippen LogP contribution is -2.74. The monoisotopic (exact) mass is 521 g/mol. The Balaban J connectivity index is 1.52. The predicted molar refractivity (Wildman–Crippen MR) is 147 cm³/mol. The lowest BCUT2D eigenvalue weighted by atomic mass is 9.98. The quantitative estimate of drug-likeness (QED) is 0.505. The van der Waals surface area contributed by atoms with Gasteiger partial charge in [-0.15, -0.1) is 6.42 Å². The van der Waals surface area contributed by atoms with Crippen molar-refractivity contribution in [3.63, 3.8) is 0 Å². The van der Waals surface area contributed by atoms with Crippen molar-refractivity contribution in [1.82, 2.24) is 25.1 Å². The summed E-state index contributed by atoms with van der Waals surface area (Å²) in [5.41, 5.74) is 3.72. The Morgan fingerprint density at radius 2 is 1.64 bits per heavy atom. The molecular weight excluding hydrogens is 490 g/mol. The Morgan fingerprint density at radius 3 is 2.33 bits per heavy atom. The van der Waals surface area contributed by atoms with E-state index in [0.717, 1.165) is 16.7 Å². The normalized spacial score (nSPS) is 19.4. The molecule has 2 fully saturated rings. The topological polar surface area (TPSA) is 76.2 Å². The van der Waals surface area contributed by atoms with Crippen LogP contribution in [0, 0.1) is 19.3 Å². The molecule has 4 amide bonds. The Kier molecular flexibility index (Phi) is 7.62. The first-order valence-corrected chi connectivity index (χ1v) is 13.0. The number of carbonyl (C=O) groups excluding carboxylic acids is 3. The van der Waals surface area contributed by atoms with E-state index in [2.05, 4.69) is 11.2 Å². The predicted octanol–water partition coefficient (Wildman–Crippen LogP) is 3.31. The fourth-order valence-corrected chi connectivity index (χ4v) is 5.28. The number of carbonyl (C=O) groups is 3. The van der Waals surface area contributed by atoms with Crippen LogP contribution in [-0.2, 0) is 22.7 Å². The number of nitrogens with one attached hydrogen (secondary N) is 1. The fraction of sp³-hybridized carbons (Fsp3) is 0.258. The molecule has 0 bridgehead atoms. The maximum Gasteiger partial charge on any atom is 0.334 e. The minimum Gasteiger partial charge on any atom is -0.333 e. The summed E-state index contributed by atoms with van der Waals surface area (Å²) in [5.74, 6) is 2.15. The van der Waals surface area contributed by atoms with E-state index in [-0.39, 0.29) is 37.5 Å². The van der Waals surface area contributed by atoms with Gasteiger partial charge in [0.25, 0.3) is 5.91 Å². The smallest absolute Gasteiger partial charge is 0.333 e. The maximum absolute atomic E-state index is 14.0. The van der Waals surface area contributed by atoms with Crippen molar-refractivity contribution in [3.8, 4) is 12.3 Å². The third-order valence-electron chi connectivity index (χ3n) is 7.23. The first kappa shape index (κ1) is 26.0. The number of hydrazine groups is 1. The third-order valence-corrected chi connectivity index (χ3v) is 7.23. The van der Waals surface area contributed by atoms with E-state index in [9.17, 15) is 14.4 Å². The lowest BCUT2D eigenvalue weighted by molar-refractivity contribution is -0.190. The van der Waals surface area contributed by atoms with E-state index in [4.69, 9.17) is 6.42 Å². The molecule has 39 heavy (non-hydrogen) atoms. The number of rotatable bonds is 6. The molecule has 3 aromatic rings. The van der Waals surface area contributed by atoms with E-state index in [1.807, 2.05) is 91.9 Å². The van der Waals surface area contributed by atoms with Crippen molar-refractivity contribution in [2.45, 2.75) is 32.2 Å². The van der Waals surface area contributed by atoms with E-state index in [1.165, 1.54) is 5.01 Å². The summed E-state index contributed by atoms with van der Waals surface area (Å²) in [7, 11) is 0. The molecule has 0 saturated carbocycles. The van der Waals surface area contributed by atoms with Crippen LogP contribution in [0.2, 0.25) is 0 Å². The zero-order valence-corrected chi connectivity index (χ0v) is 21.9. The number of fused-ring (bicyclic) bond motifs is 1. The van der Waals surface area contributed by atoms with Gasteiger partial charge in [0.15, 0.2) is 0 Å². The SMILES string of the molecule is C#CCN1CC(=O)N2[C@@H](c3ccccc3)C(=O)N(Cc3ccccc3C)C[C@@H]2N1C(=O)NCc1ccccc1. The zero-order chi connectivity index (χ0) is 27.4. The van der Waals surface area contributed by atoms with Crippen LogP contribution in [0.1, 0.15) is 28.3 Å². The molecular formula is C31H31N5O3. The molecule has 198 valence electrons. The van der Waals surface area contributed by atoms with Crippen molar-refractivity contribution in [2.75, 3.05) is 19.6 Å².